The third kappa shape index (κ3) is 5.37. The number of nitrogens with one attached hydrogen (secondary N) is 1. The molecule has 0 radical (unpaired) electrons. The maximum atomic E-state index is 13.1. The molecule has 31 heavy (non-hydrogen) atoms. The topological polar surface area (TPSA) is 61.6 Å². The van der Waals surface area contributed by atoms with Crippen molar-refractivity contribution in [3.63, 3.8) is 0 Å². The fourth-order valence-electron chi connectivity index (χ4n) is 3.82. The first-order valence-electron chi connectivity index (χ1n) is 10.5. The summed E-state index contributed by atoms with van der Waals surface area (Å²) in [5, 5.41) is 3.06. The first kappa shape index (κ1) is 21.2. The molecule has 6 nitrogen and oxygen atoms in total. The number of hydrogen-bond donors (Lipinski definition) is 1. The van der Waals surface area contributed by atoms with Crippen molar-refractivity contribution in [2.45, 2.75) is 20.4 Å². The Labute approximate surface area is 181 Å². The third-order valence-electron chi connectivity index (χ3n) is 5.62. The highest BCUT2D eigenvalue weighted by molar-refractivity contribution is 5.93. The van der Waals surface area contributed by atoms with Crippen LogP contribution in [0.1, 0.15) is 17.0 Å². The van der Waals surface area contributed by atoms with Gasteiger partial charge in [-0.15, -0.1) is 0 Å². The van der Waals surface area contributed by atoms with E-state index in [1.54, 1.807) is 18.3 Å². The lowest BCUT2D eigenvalue weighted by Gasteiger charge is -2.33. The van der Waals surface area contributed by atoms with Gasteiger partial charge in [0.25, 0.3) is 0 Å². The molecule has 0 atom stereocenters. The number of hydrogen-bond acceptors (Lipinski definition) is 5. The molecule has 0 unspecified atom stereocenters. The number of halogens is 1. The van der Waals surface area contributed by atoms with E-state index in [1.165, 1.54) is 12.1 Å². The highest BCUT2D eigenvalue weighted by Gasteiger charge is 2.21. The summed E-state index contributed by atoms with van der Waals surface area (Å²) in [5.74, 6) is 1.02. The lowest BCUT2D eigenvalue weighted by atomic mass is 10.1. The summed E-state index contributed by atoms with van der Waals surface area (Å²) >= 11 is 0. The predicted molar refractivity (Wildman–Crippen MR) is 118 cm³/mol. The molecule has 0 spiro atoms. The molecular formula is C24H27FN4O2. The van der Waals surface area contributed by atoms with E-state index in [9.17, 15) is 9.18 Å². The molecule has 1 N–H and O–H groups in total. The fourth-order valence-corrected chi connectivity index (χ4v) is 3.82. The van der Waals surface area contributed by atoms with Crippen LogP contribution in [0, 0.1) is 19.7 Å². The second kappa shape index (κ2) is 9.41. The molecule has 1 fully saturated rings. The Hall–Kier alpha value is -3.03. The Kier molecular flexibility index (Phi) is 6.44. The number of benzene rings is 2. The number of anilines is 1. The highest BCUT2D eigenvalue weighted by Crippen LogP contribution is 2.22. The van der Waals surface area contributed by atoms with Crippen molar-refractivity contribution >= 4 is 11.6 Å². The lowest BCUT2D eigenvalue weighted by molar-refractivity contribution is -0.117. The van der Waals surface area contributed by atoms with E-state index in [-0.39, 0.29) is 11.7 Å². The summed E-state index contributed by atoms with van der Waals surface area (Å²) < 4.78 is 18.9. The van der Waals surface area contributed by atoms with Crippen molar-refractivity contribution in [2.24, 2.45) is 0 Å². The number of nitrogens with zero attached hydrogens (tertiary/aromatic N) is 3. The molecule has 2 aromatic carbocycles. The van der Waals surface area contributed by atoms with E-state index >= 15 is 0 Å². The summed E-state index contributed by atoms with van der Waals surface area (Å²) in [5.41, 5.74) is 3.86. The van der Waals surface area contributed by atoms with Gasteiger partial charge in [0.05, 0.1) is 19.3 Å². The molecule has 3 aromatic rings. The summed E-state index contributed by atoms with van der Waals surface area (Å²) in [7, 11) is 0. The first-order valence-corrected chi connectivity index (χ1v) is 10.5. The van der Waals surface area contributed by atoms with Gasteiger partial charge in [-0.1, -0.05) is 18.2 Å². The molecule has 0 aliphatic carbocycles. The van der Waals surface area contributed by atoms with Crippen molar-refractivity contribution in [1.29, 1.82) is 0 Å². The average molecular weight is 423 g/mol. The van der Waals surface area contributed by atoms with Crippen LogP contribution in [0.4, 0.5) is 10.1 Å². The van der Waals surface area contributed by atoms with Crippen LogP contribution in [0.2, 0.25) is 0 Å². The Morgan fingerprint density at radius 1 is 1.03 bits per heavy atom. The molecule has 162 valence electrons. The monoisotopic (exact) mass is 422 g/mol. The van der Waals surface area contributed by atoms with Crippen molar-refractivity contribution in [3.8, 4) is 11.3 Å². The van der Waals surface area contributed by atoms with Gasteiger partial charge >= 0.3 is 0 Å². The Morgan fingerprint density at radius 2 is 1.68 bits per heavy atom. The quantitative estimate of drug-likeness (QED) is 0.654. The lowest BCUT2D eigenvalue weighted by Crippen LogP contribution is -2.48. The molecular weight excluding hydrogens is 395 g/mol. The van der Waals surface area contributed by atoms with Crippen LogP contribution in [0.25, 0.3) is 11.3 Å². The van der Waals surface area contributed by atoms with Crippen molar-refractivity contribution < 1.29 is 13.6 Å². The van der Waals surface area contributed by atoms with E-state index in [0.29, 0.717) is 24.7 Å². The SMILES string of the molecule is Cc1cccc(C)c1NC(=O)CN1CCN(Cc2ncc(-c3ccc(F)cc3)o2)CC1. The first-order chi connectivity index (χ1) is 15.0. The molecule has 0 saturated carbocycles. The number of carbonyl (C=O) groups is 1. The van der Waals surface area contributed by atoms with Gasteiger partial charge in [-0.2, -0.15) is 0 Å². The van der Waals surface area contributed by atoms with E-state index < -0.39 is 0 Å². The van der Waals surface area contributed by atoms with Crippen LogP contribution in [0.15, 0.2) is 53.1 Å². The second-order valence-electron chi connectivity index (χ2n) is 7.99. The summed E-state index contributed by atoms with van der Waals surface area (Å²) in [6.45, 7) is 8.31. The minimum atomic E-state index is -0.274. The number of carbonyl (C=O) groups excluding carboxylic acids is 1. The van der Waals surface area contributed by atoms with Crippen LogP contribution < -0.4 is 5.32 Å². The van der Waals surface area contributed by atoms with E-state index in [1.807, 2.05) is 32.0 Å². The van der Waals surface area contributed by atoms with E-state index in [0.717, 1.165) is 48.6 Å². The number of oxazole rings is 1. The van der Waals surface area contributed by atoms with E-state index in [4.69, 9.17) is 4.42 Å². The minimum Gasteiger partial charge on any atom is -0.439 e. The van der Waals surface area contributed by atoms with Gasteiger partial charge in [0, 0.05) is 37.4 Å². The molecule has 1 saturated heterocycles. The van der Waals surface area contributed by atoms with Gasteiger partial charge in [0.2, 0.25) is 11.8 Å². The van der Waals surface area contributed by atoms with Crippen molar-refractivity contribution in [1.82, 2.24) is 14.8 Å². The predicted octanol–water partition coefficient (Wildman–Crippen LogP) is 3.85. The summed E-state index contributed by atoms with van der Waals surface area (Å²) in [6.07, 6.45) is 1.68. The number of aromatic nitrogens is 1. The molecule has 1 aromatic heterocycles. The zero-order chi connectivity index (χ0) is 21.8. The largest absolute Gasteiger partial charge is 0.439 e. The number of amides is 1. The molecule has 4 rings (SSSR count). The van der Waals surface area contributed by atoms with Gasteiger partial charge in [-0.3, -0.25) is 14.6 Å². The minimum absolute atomic E-state index is 0.0162. The molecule has 0 bridgehead atoms. The second-order valence-corrected chi connectivity index (χ2v) is 7.99. The maximum absolute atomic E-state index is 13.1. The maximum Gasteiger partial charge on any atom is 0.238 e. The molecule has 1 aliphatic heterocycles. The smallest absolute Gasteiger partial charge is 0.238 e. The normalized spacial score (nSPS) is 15.2. The van der Waals surface area contributed by atoms with E-state index in [2.05, 4.69) is 20.1 Å². The number of piperazine rings is 1. The molecule has 1 aliphatic rings. The van der Waals surface area contributed by atoms with Crippen LogP contribution >= 0.6 is 0 Å². The Morgan fingerprint density at radius 3 is 2.35 bits per heavy atom. The number of aryl methyl sites for hydroxylation is 2. The molecule has 1 amide bonds. The van der Waals surface area contributed by atoms with Crippen LogP contribution in [-0.2, 0) is 11.3 Å². The Bertz CT molecular complexity index is 1020. The summed E-state index contributed by atoms with van der Waals surface area (Å²) in [6, 6.07) is 12.2. The van der Waals surface area contributed by atoms with Crippen molar-refractivity contribution in [2.75, 3.05) is 38.0 Å². The van der Waals surface area contributed by atoms with Crippen molar-refractivity contribution in [3.05, 3.63) is 71.5 Å². The fraction of sp³-hybridized carbons (Fsp3) is 0.333. The van der Waals surface area contributed by atoms with Gasteiger partial charge < -0.3 is 9.73 Å². The van der Waals surface area contributed by atoms with Gasteiger partial charge in [-0.25, -0.2) is 9.37 Å². The zero-order valence-electron chi connectivity index (χ0n) is 17.9. The van der Waals surface area contributed by atoms with Gasteiger partial charge in [0.1, 0.15) is 5.82 Å². The van der Waals surface area contributed by atoms with Crippen LogP contribution in [0.3, 0.4) is 0 Å². The average Bonchev–Trinajstić information content (AvgIpc) is 3.21. The van der Waals surface area contributed by atoms with Gasteiger partial charge in [0.15, 0.2) is 5.76 Å². The number of rotatable bonds is 6. The molecule has 2 heterocycles. The molecule has 7 heteroatoms. The Balaban J connectivity index is 1.25. The third-order valence-corrected chi connectivity index (χ3v) is 5.62. The van der Waals surface area contributed by atoms with Crippen LogP contribution in [0.5, 0.6) is 0 Å². The van der Waals surface area contributed by atoms with Gasteiger partial charge in [-0.05, 0) is 49.2 Å². The summed E-state index contributed by atoms with van der Waals surface area (Å²) in [4.78, 5) is 21.3. The highest BCUT2D eigenvalue weighted by atomic mass is 19.1. The zero-order valence-corrected chi connectivity index (χ0v) is 17.9. The number of para-hydroxylation sites is 1. The van der Waals surface area contributed by atoms with Crippen LogP contribution in [-0.4, -0.2) is 53.4 Å². The standard InChI is InChI=1S/C24H27FN4O2/c1-17-4-3-5-18(2)24(17)27-22(30)15-28-10-12-29(13-11-28)16-23-26-14-21(31-23)19-6-8-20(25)9-7-19/h3-9,14H,10-13,15-16H2,1-2H3,(H,27,30).